The molecule has 0 fully saturated rings. The van der Waals surface area contributed by atoms with E-state index in [0.717, 1.165) is 10.9 Å². The third-order valence-corrected chi connectivity index (χ3v) is 2.29. The highest BCUT2D eigenvalue weighted by Gasteiger charge is 2.04. The van der Waals surface area contributed by atoms with E-state index in [-0.39, 0.29) is 6.54 Å². The summed E-state index contributed by atoms with van der Waals surface area (Å²) in [5, 5.41) is 4.26. The van der Waals surface area contributed by atoms with Crippen LogP contribution in [0.25, 0.3) is 21.4 Å². The van der Waals surface area contributed by atoms with Gasteiger partial charge in [-0.25, -0.2) is 4.79 Å². The molecule has 5 nitrogen and oxygen atoms in total. The van der Waals surface area contributed by atoms with Crippen LogP contribution in [0.3, 0.4) is 0 Å². The van der Waals surface area contributed by atoms with Crippen LogP contribution in [0.15, 0.2) is 38.6 Å². The van der Waals surface area contributed by atoms with Crippen molar-refractivity contribution in [1.29, 1.82) is 0 Å². The quantitative estimate of drug-likeness (QED) is 0.334. The van der Waals surface area contributed by atoms with Gasteiger partial charge in [-0.2, -0.15) is 0 Å². The average Bonchev–Trinajstić information content (AvgIpc) is 2.25. The van der Waals surface area contributed by atoms with Crippen LogP contribution < -0.4 is 5.63 Å². The lowest BCUT2D eigenvalue weighted by molar-refractivity contribution is 0.558. The molecule has 2 rings (SSSR count). The lowest BCUT2D eigenvalue weighted by Gasteiger charge is -2.02. The molecule has 1 aromatic heterocycles. The second-order valence-electron chi connectivity index (χ2n) is 3.48. The third-order valence-electron chi connectivity index (χ3n) is 2.29. The summed E-state index contributed by atoms with van der Waals surface area (Å²) in [6, 6.07) is 6.92. The third kappa shape index (κ3) is 1.89. The van der Waals surface area contributed by atoms with Gasteiger partial charge in [0.15, 0.2) is 0 Å². The van der Waals surface area contributed by atoms with E-state index in [1.807, 2.05) is 19.1 Å². The first-order chi connectivity index (χ1) is 7.70. The van der Waals surface area contributed by atoms with Gasteiger partial charge in [-0.3, -0.25) is 0 Å². The summed E-state index contributed by atoms with van der Waals surface area (Å²) in [6.45, 7) is 2.07. The topological polar surface area (TPSA) is 79.0 Å². The highest BCUT2D eigenvalue weighted by molar-refractivity contribution is 5.80. The molecule has 0 amide bonds. The fourth-order valence-corrected chi connectivity index (χ4v) is 1.58. The maximum absolute atomic E-state index is 11.3. The Kier molecular flexibility index (Phi) is 2.62. The zero-order chi connectivity index (χ0) is 11.5. The first-order valence-electron chi connectivity index (χ1n) is 4.75. The van der Waals surface area contributed by atoms with E-state index < -0.39 is 5.63 Å². The number of rotatable bonds is 2. The lowest BCUT2D eigenvalue weighted by Crippen LogP contribution is -2.00. The molecule has 0 saturated heterocycles. The Bertz CT molecular complexity index is 639. The standard InChI is InChI=1S/C11H9N3O2/c1-7-2-3-9-8(6-13-14-12)5-11(15)16-10(9)4-7/h2-5H,6H2,1H3. The van der Waals surface area contributed by atoms with Crippen molar-refractivity contribution < 1.29 is 4.42 Å². The molecule has 5 heteroatoms. The van der Waals surface area contributed by atoms with Gasteiger partial charge in [-0.05, 0) is 29.6 Å². The van der Waals surface area contributed by atoms with E-state index in [1.54, 1.807) is 6.07 Å². The minimum atomic E-state index is -0.429. The zero-order valence-electron chi connectivity index (χ0n) is 8.67. The van der Waals surface area contributed by atoms with E-state index in [1.165, 1.54) is 6.07 Å². The normalized spacial score (nSPS) is 10.1. The predicted molar refractivity (Wildman–Crippen MR) is 60.1 cm³/mol. The molecule has 0 aliphatic rings. The Morgan fingerprint density at radius 1 is 1.44 bits per heavy atom. The van der Waals surface area contributed by atoms with Crippen molar-refractivity contribution in [2.75, 3.05) is 0 Å². The Morgan fingerprint density at radius 2 is 2.25 bits per heavy atom. The van der Waals surface area contributed by atoms with Gasteiger partial charge in [0.25, 0.3) is 0 Å². The van der Waals surface area contributed by atoms with E-state index in [0.29, 0.717) is 11.1 Å². The maximum atomic E-state index is 11.3. The van der Waals surface area contributed by atoms with Gasteiger partial charge in [0.2, 0.25) is 0 Å². The summed E-state index contributed by atoms with van der Waals surface area (Å²) in [4.78, 5) is 14.0. The predicted octanol–water partition coefficient (Wildman–Crippen LogP) is 2.91. The van der Waals surface area contributed by atoms with E-state index in [2.05, 4.69) is 10.0 Å². The van der Waals surface area contributed by atoms with Gasteiger partial charge in [0, 0.05) is 16.4 Å². The second-order valence-corrected chi connectivity index (χ2v) is 3.48. The zero-order valence-corrected chi connectivity index (χ0v) is 8.67. The molecule has 0 spiro atoms. The summed E-state index contributed by atoms with van der Waals surface area (Å²) in [5.74, 6) is 0. The fourth-order valence-electron chi connectivity index (χ4n) is 1.58. The van der Waals surface area contributed by atoms with Gasteiger partial charge >= 0.3 is 5.63 Å². The van der Waals surface area contributed by atoms with Crippen molar-refractivity contribution in [2.45, 2.75) is 13.5 Å². The molecule has 0 unspecified atom stereocenters. The molecule has 0 saturated carbocycles. The van der Waals surface area contributed by atoms with Crippen molar-refractivity contribution >= 4 is 11.0 Å². The van der Waals surface area contributed by atoms with Crippen molar-refractivity contribution in [3.63, 3.8) is 0 Å². The van der Waals surface area contributed by atoms with Crippen molar-refractivity contribution in [1.82, 2.24) is 0 Å². The summed E-state index contributed by atoms with van der Waals surface area (Å²) in [7, 11) is 0. The number of azide groups is 1. The SMILES string of the molecule is Cc1ccc2c(CN=[N+]=[N-])cc(=O)oc2c1. The first-order valence-corrected chi connectivity index (χ1v) is 4.75. The molecule has 0 aliphatic carbocycles. The molecule has 0 bridgehead atoms. The minimum Gasteiger partial charge on any atom is -0.423 e. The molecule has 0 radical (unpaired) electrons. The van der Waals surface area contributed by atoms with Crippen LogP contribution in [0.4, 0.5) is 0 Å². The van der Waals surface area contributed by atoms with Gasteiger partial charge < -0.3 is 4.42 Å². The molecule has 2 aromatic rings. The van der Waals surface area contributed by atoms with Gasteiger partial charge in [0.1, 0.15) is 5.58 Å². The van der Waals surface area contributed by atoms with Crippen molar-refractivity contribution in [2.24, 2.45) is 5.11 Å². The maximum Gasteiger partial charge on any atom is 0.336 e. The molecule has 16 heavy (non-hydrogen) atoms. The van der Waals surface area contributed by atoms with Crippen molar-refractivity contribution in [3.05, 3.63) is 56.3 Å². The highest BCUT2D eigenvalue weighted by atomic mass is 16.4. The number of hydrogen-bond acceptors (Lipinski definition) is 3. The monoisotopic (exact) mass is 215 g/mol. The van der Waals surface area contributed by atoms with Crippen LogP contribution >= 0.6 is 0 Å². The van der Waals surface area contributed by atoms with Gasteiger partial charge in [-0.1, -0.05) is 17.2 Å². The Labute approximate surface area is 90.9 Å². The van der Waals surface area contributed by atoms with Crippen LogP contribution in [0, 0.1) is 6.92 Å². The largest absolute Gasteiger partial charge is 0.423 e. The molecule has 0 N–H and O–H groups in total. The van der Waals surface area contributed by atoms with E-state index in [4.69, 9.17) is 9.95 Å². The molecule has 1 aromatic carbocycles. The van der Waals surface area contributed by atoms with Crippen LogP contribution in [0.5, 0.6) is 0 Å². The molecule has 1 heterocycles. The Hall–Kier alpha value is -2.26. The molecular formula is C11H9N3O2. The van der Waals surface area contributed by atoms with E-state index in [9.17, 15) is 4.79 Å². The molecular weight excluding hydrogens is 206 g/mol. The number of fused-ring (bicyclic) bond motifs is 1. The van der Waals surface area contributed by atoms with Crippen LogP contribution in [0.1, 0.15) is 11.1 Å². The number of aryl methyl sites for hydroxylation is 1. The highest BCUT2D eigenvalue weighted by Crippen LogP contribution is 2.18. The van der Waals surface area contributed by atoms with Crippen molar-refractivity contribution in [3.8, 4) is 0 Å². The smallest absolute Gasteiger partial charge is 0.336 e. The van der Waals surface area contributed by atoms with Gasteiger partial charge in [0.05, 0.1) is 6.54 Å². The average molecular weight is 215 g/mol. The molecule has 0 atom stereocenters. The van der Waals surface area contributed by atoms with E-state index >= 15 is 0 Å². The fraction of sp³-hybridized carbons (Fsp3) is 0.182. The van der Waals surface area contributed by atoms with Gasteiger partial charge in [-0.15, -0.1) is 0 Å². The summed E-state index contributed by atoms with van der Waals surface area (Å²) in [5.41, 5.74) is 10.1. The lowest BCUT2D eigenvalue weighted by atomic mass is 10.1. The molecule has 0 aliphatic heterocycles. The Balaban J connectivity index is 2.72. The van der Waals surface area contributed by atoms with Crippen LogP contribution in [-0.2, 0) is 6.54 Å². The number of nitrogens with zero attached hydrogens (tertiary/aromatic N) is 3. The summed E-state index contributed by atoms with van der Waals surface area (Å²) in [6.07, 6.45) is 0. The van der Waals surface area contributed by atoms with Crippen LogP contribution in [-0.4, -0.2) is 0 Å². The molecule has 80 valence electrons. The summed E-state index contributed by atoms with van der Waals surface area (Å²) < 4.78 is 5.07. The first kappa shape index (κ1) is 10.3. The Morgan fingerprint density at radius 3 is 3.00 bits per heavy atom. The number of hydrogen-bond donors (Lipinski definition) is 0. The minimum absolute atomic E-state index is 0.154. The number of benzene rings is 1. The van der Waals surface area contributed by atoms with Crippen LogP contribution in [0.2, 0.25) is 0 Å². The summed E-state index contributed by atoms with van der Waals surface area (Å²) >= 11 is 0. The second kappa shape index (κ2) is 4.08.